The zero-order valence-corrected chi connectivity index (χ0v) is 41.4. The second-order valence-electron chi connectivity index (χ2n) is 18.8. The fourth-order valence-corrected chi connectivity index (χ4v) is 11.8. The molecule has 0 saturated heterocycles. The summed E-state index contributed by atoms with van der Waals surface area (Å²) in [5.74, 6) is 0. The molecule has 360 valence electrons. The molecule has 16 rings (SSSR count). The van der Waals surface area contributed by atoms with Crippen molar-refractivity contribution in [2.24, 2.45) is 0 Å². The van der Waals surface area contributed by atoms with E-state index in [4.69, 9.17) is 8.83 Å². The highest BCUT2D eigenvalue weighted by molar-refractivity contribution is 9.10. The van der Waals surface area contributed by atoms with Crippen LogP contribution in [0.15, 0.2) is 239 Å². The van der Waals surface area contributed by atoms with Crippen molar-refractivity contribution in [3.05, 3.63) is 252 Å². The van der Waals surface area contributed by atoms with Gasteiger partial charge in [-0.15, -0.1) is 0 Å². The summed E-state index contributed by atoms with van der Waals surface area (Å²) in [6, 6.07) is 65.2. The summed E-state index contributed by atoms with van der Waals surface area (Å²) in [6.45, 7) is 0. The van der Waals surface area contributed by atoms with Crippen LogP contribution in [0, 0.1) is 0 Å². The van der Waals surface area contributed by atoms with Crippen LogP contribution in [0.1, 0.15) is 0 Å². The van der Waals surface area contributed by atoms with Gasteiger partial charge in [0, 0.05) is 80.1 Å². The van der Waals surface area contributed by atoms with E-state index in [2.05, 4.69) is 46.3 Å². The number of fused-ring (bicyclic) bond motifs is 14. The minimum Gasteiger partial charge on any atom is -0.456 e. The first-order valence-electron chi connectivity index (χ1n) is 24.5. The van der Waals surface area contributed by atoms with Crippen LogP contribution in [0.4, 0.5) is 0 Å². The summed E-state index contributed by atoms with van der Waals surface area (Å²) in [7, 11) is -1.51. The number of furan rings is 2. The first-order valence-corrected chi connectivity index (χ1v) is 25.3. The molecule has 0 atom stereocenters. The highest BCUT2D eigenvalue weighted by atomic mass is 79.9. The van der Waals surface area contributed by atoms with Crippen LogP contribution < -0.4 is 27.7 Å². The Kier molecular flexibility index (Phi) is 10.3. The van der Waals surface area contributed by atoms with Gasteiger partial charge >= 0.3 is 7.12 Å². The normalized spacial score (nSPS) is 11.8. The van der Waals surface area contributed by atoms with Gasteiger partial charge in [0.05, 0.1) is 11.0 Å². The zero-order chi connectivity index (χ0) is 51.5. The molecule has 12 heteroatoms. The van der Waals surface area contributed by atoms with Crippen molar-refractivity contribution in [1.29, 1.82) is 0 Å². The van der Waals surface area contributed by atoms with E-state index in [-0.39, 0.29) is 22.2 Å². The molecule has 10 aromatic carbocycles. The lowest BCUT2D eigenvalue weighted by Gasteiger charge is -2.15. The monoisotopic (exact) mass is 1050 g/mol. The van der Waals surface area contributed by atoms with Crippen LogP contribution in [0.25, 0.3) is 131 Å². The smallest absolute Gasteiger partial charge is 0.456 e. The fourth-order valence-electron chi connectivity index (χ4n) is 11.3. The fraction of sp³-hybridized carbons (Fsp3) is 0. The lowest BCUT2D eigenvalue weighted by Crippen LogP contribution is -2.29. The van der Waals surface area contributed by atoms with Crippen LogP contribution in [0.2, 0.25) is 0 Å². The number of rotatable bonds is 2. The third-order valence-corrected chi connectivity index (χ3v) is 15.1. The Hall–Kier alpha value is -9.46. The molecule has 0 fully saturated rings. The van der Waals surface area contributed by atoms with Gasteiger partial charge in [0.25, 0.3) is 22.2 Å². The molecule has 0 aliphatic carbocycles. The summed E-state index contributed by atoms with van der Waals surface area (Å²) in [4.78, 5) is 53.1. The Labute approximate surface area is 436 Å². The first kappa shape index (κ1) is 45.2. The topological polar surface area (TPSA) is 144 Å². The number of hydrogen-bond acceptors (Lipinski definition) is 8. The molecule has 0 radical (unpaired) electrons. The van der Waals surface area contributed by atoms with Crippen molar-refractivity contribution in [2.45, 2.75) is 0 Å². The van der Waals surface area contributed by atoms with Crippen molar-refractivity contribution in [1.82, 2.24) is 8.80 Å². The summed E-state index contributed by atoms with van der Waals surface area (Å²) in [5.41, 5.74) is 5.55. The average molecular weight is 1050 g/mol. The number of benzene rings is 10. The van der Waals surface area contributed by atoms with Gasteiger partial charge in [-0.3, -0.25) is 19.2 Å². The molecule has 6 aromatic heterocycles. The molecule has 0 bridgehead atoms. The Morgan fingerprint density at radius 3 is 1.09 bits per heavy atom. The molecule has 2 N–H and O–H groups in total. The minimum atomic E-state index is -1.51. The van der Waals surface area contributed by atoms with E-state index in [1.165, 1.54) is 8.80 Å². The van der Waals surface area contributed by atoms with E-state index >= 15 is 0 Å². The number of nitrogens with zero attached hydrogens (tertiary/aromatic N) is 2. The highest BCUT2D eigenvalue weighted by Gasteiger charge is 2.22. The van der Waals surface area contributed by atoms with E-state index in [1.54, 1.807) is 36.4 Å². The van der Waals surface area contributed by atoms with Crippen LogP contribution in [0.3, 0.4) is 0 Å². The second kappa shape index (κ2) is 17.3. The van der Waals surface area contributed by atoms with Crippen molar-refractivity contribution < 1.29 is 18.9 Å². The van der Waals surface area contributed by atoms with Crippen molar-refractivity contribution >= 4 is 148 Å². The molecule has 0 spiro atoms. The maximum Gasteiger partial charge on any atom is 0.492 e. The zero-order valence-electron chi connectivity index (χ0n) is 39.8. The molecule has 0 saturated carbocycles. The average Bonchev–Trinajstić information content (AvgIpc) is 4.20. The number of halogens is 1. The molecule has 0 unspecified atom stereocenters. The maximum absolute atomic E-state index is 13.5. The van der Waals surface area contributed by atoms with E-state index in [1.807, 2.05) is 140 Å². The summed E-state index contributed by atoms with van der Waals surface area (Å²) < 4.78 is 15.6. The van der Waals surface area contributed by atoms with Gasteiger partial charge in [0.15, 0.2) is 0 Å². The van der Waals surface area contributed by atoms with Gasteiger partial charge < -0.3 is 18.9 Å². The van der Waals surface area contributed by atoms with E-state index < -0.39 is 7.12 Å². The van der Waals surface area contributed by atoms with Crippen molar-refractivity contribution in [3.8, 4) is 11.1 Å². The standard InChI is InChI=1S/C32H17NO3.C20H10BrNO2.C12H9BO3/c34-31-24-11-3-1-8-20(24)26-16-18(17-27-21-9-2-4-12-25(21)32(35)33(31)29(26)27)19-13-7-14-23-22-10-5-6-15-28(22)36-30(19)23;21-11-9-16-12-5-1-3-7-14(12)19(23)22-18(16)17(10-11)13-6-2-4-8-15(13)20(22)24;14-13(15)10-6-3-5-9-8-4-1-2-7-11(8)16-12(9)10/h1-17H;1-10H;1-7,14-15H. The lowest BCUT2D eigenvalue weighted by atomic mass is 9.79. The first-order chi connectivity index (χ1) is 37.1. The summed E-state index contributed by atoms with van der Waals surface area (Å²) in [6.07, 6.45) is 0. The lowest BCUT2D eigenvalue weighted by molar-refractivity contribution is 0.425. The molecule has 0 aliphatic rings. The van der Waals surface area contributed by atoms with Gasteiger partial charge in [-0.05, 0) is 87.8 Å². The predicted octanol–water partition coefficient (Wildman–Crippen LogP) is 12.7. The Morgan fingerprint density at radius 1 is 0.342 bits per heavy atom. The molecule has 10 nitrogen and oxygen atoms in total. The largest absolute Gasteiger partial charge is 0.492 e. The molecule has 0 amide bonds. The molecule has 76 heavy (non-hydrogen) atoms. The second-order valence-corrected chi connectivity index (χ2v) is 19.7. The summed E-state index contributed by atoms with van der Waals surface area (Å²) in [5, 5.41) is 31.6. The summed E-state index contributed by atoms with van der Waals surface area (Å²) >= 11 is 3.57. The minimum absolute atomic E-state index is 0.263. The van der Waals surface area contributed by atoms with Crippen LogP contribution in [-0.4, -0.2) is 26.0 Å². The third-order valence-electron chi connectivity index (χ3n) is 14.7. The predicted molar refractivity (Wildman–Crippen MR) is 311 cm³/mol. The molecular formula is C64H36BBrN2O8. The Balaban J connectivity index is 0.000000114. The quantitative estimate of drug-likeness (QED) is 0.0989. The van der Waals surface area contributed by atoms with Gasteiger partial charge in [-0.1, -0.05) is 162 Å². The van der Waals surface area contributed by atoms with Gasteiger partial charge in [0.1, 0.15) is 22.3 Å². The van der Waals surface area contributed by atoms with Gasteiger partial charge in [-0.2, -0.15) is 0 Å². The van der Waals surface area contributed by atoms with Gasteiger partial charge in [0.2, 0.25) is 0 Å². The molecule has 6 heterocycles. The van der Waals surface area contributed by atoms with E-state index in [9.17, 15) is 29.2 Å². The number of para-hydroxylation sites is 4. The van der Waals surface area contributed by atoms with E-state index in [0.717, 1.165) is 97.0 Å². The molecule has 16 aromatic rings. The maximum atomic E-state index is 13.5. The van der Waals surface area contributed by atoms with Gasteiger partial charge in [-0.25, -0.2) is 8.80 Å². The number of pyridine rings is 4. The van der Waals surface area contributed by atoms with Crippen LogP contribution in [0.5, 0.6) is 0 Å². The Morgan fingerprint density at radius 2 is 0.671 bits per heavy atom. The number of aromatic nitrogens is 2. The van der Waals surface area contributed by atoms with Crippen molar-refractivity contribution in [3.63, 3.8) is 0 Å². The third kappa shape index (κ3) is 6.75. The number of hydrogen-bond donors (Lipinski definition) is 2. The van der Waals surface area contributed by atoms with Crippen LogP contribution >= 0.6 is 15.9 Å². The SMILES string of the molecule is O=c1c2ccccc2c2cc(-c3cccc4c3oc3ccccc34)cc3c4ccccc4c(=O)n1c23.O=c1c2ccccc2c2cc(Br)cc3c4ccccc4c(=O)n1c23.OB(O)c1cccc2c1oc1ccccc12. The molecule has 0 aliphatic heterocycles. The van der Waals surface area contributed by atoms with E-state index in [0.29, 0.717) is 43.6 Å². The molecular weight excluding hydrogens is 1020 g/mol. The van der Waals surface area contributed by atoms with Crippen LogP contribution in [-0.2, 0) is 0 Å². The van der Waals surface area contributed by atoms with Crippen molar-refractivity contribution in [2.75, 3.05) is 0 Å². The highest BCUT2D eigenvalue weighted by Crippen LogP contribution is 2.40. The Bertz CT molecular complexity index is 5150.